The number of aliphatic hydroxyl groups excluding tert-OH is 2. The van der Waals surface area contributed by atoms with Crippen molar-refractivity contribution in [3.8, 4) is 6.07 Å². The minimum Gasteiger partial charge on any atom is -0.394 e. The van der Waals surface area contributed by atoms with Gasteiger partial charge in [-0.3, -0.25) is 28.2 Å². The number of fused-ring (bicyclic) bond motifs is 1. The Kier molecular flexibility index (Phi) is 13.1. The maximum absolute atomic E-state index is 12.8. The van der Waals surface area contributed by atoms with Gasteiger partial charge in [0.1, 0.15) is 37.0 Å². The molecular formula is C32H37N8O12PS. The molecule has 4 aromatic rings. The van der Waals surface area contributed by atoms with E-state index in [9.17, 15) is 29.9 Å². The van der Waals surface area contributed by atoms with Crippen LogP contribution in [0.2, 0.25) is 0 Å². The van der Waals surface area contributed by atoms with Gasteiger partial charge >= 0.3 is 12.4 Å². The summed E-state index contributed by atoms with van der Waals surface area (Å²) in [6.45, 7) is -4.76. The zero-order chi connectivity index (χ0) is 38.2. The lowest BCUT2D eigenvalue weighted by molar-refractivity contribution is -0.0820. The van der Waals surface area contributed by atoms with Crippen LogP contribution in [0.3, 0.4) is 0 Å². The van der Waals surface area contributed by atoms with Crippen molar-refractivity contribution in [3.63, 3.8) is 0 Å². The summed E-state index contributed by atoms with van der Waals surface area (Å²) in [6.07, 6.45) is -3.35. The number of H-pyrrole nitrogens is 1. The minimum atomic E-state index is -3.84. The number of carbonyl (C=O) groups is 1. The molecule has 3 aromatic heterocycles. The van der Waals surface area contributed by atoms with Gasteiger partial charge in [0, 0.05) is 31.4 Å². The fraction of sp³-hybridized carbons (Fsp3) is 0.469. The second kappa shape index (κ2) is 17.9. The highest BCUT2D eigenvalue weighted by atomic mass is 32.5. The number of nitrogens with one attached hydrogen (secondary N) is 2. The first-order chi connectivity index (χ1) is 26.1. The Bertz CT molecular complexity index is 2110. The van der Waals surface area contributed by atoms with Crippen molar-refractivity contribution in [1.82, 2.24) is 29.1 Å². The Balaban J connectivity index is 1.18. The predicted molar refractivity (Wildman–Crippen MR) is 189 cm³/mol. The van der Waals surface area contributed by atoms with E-state index in [4.69, 9.17) is 44.3 Å². The SMILES string of the molecule is COCCO[C@@H]1[C@H](O[P@](=S)(OCCC#N)OC[C@H]2O[C@@H](n3cnc4c(NC(=O)c5ccccc5)ncnc43)C[C@@H]2O)[C@@H](CO)O[C@H]1n1ccc(=O)[nH]c1=O. The fourth-order valence-corrected chi connectivity index (χ4v) is 7.95. The van der Waals surface area contributed by atoms with E-state index in [1.54, 1.807) is 34.9 Å². The third-order valence-electron chi connectivity index (χ3n) is 8.44. The van der Waals surface area contributed by atoms with Crippen molar-refractivity contribution in [3.05, 3.63) is 81.7 Å². The van der Waals surface area contributed by atoms with E-state index >= 15 is 0 Å². The maximum Gasteiger partial charge on any atom is 0.330 e. The van der Waals surface area contributed by atoms with E-state index in [1.165, 1.54) is 26.0 Å². The third-order valence-corrected chi connectivity index (χ3v) is 10.8. The quantitative estimate of drug-likeness (QED) is 0.0850. The number of hydrogen-bond acceptors (Lipinski definition) is 17. The number of anilines is 1. The molecule has 0 aliphatic carbocycles. The van der Waals surface area contributed by atoms with Gasteiger partial charge in [-0.15, -0.1) is 0 Å². The number of nitriles is 1. The number of aromatic amines is 1. The lowest BCUT2D eigenvalue weighted by Gasteiger charge is -2.30. The van der Waals surface area contributed by atoms with Crippen LogP contribution in [0.4, 0.5) is 5.82 Å². The number of rotatable bonds is 17. The molecule has 4 N–H and O–H groups in total. The first kappa shape index (κ1) is 39.4. The average molecular weight is 789 g/mol. The standard InChI is InChI=1S/C32H37N8O12PS/c1-46-12-13-47-27-26(21(15-41)51-31(27)39-10-8-23(43)37-32(39)45)52-53(54,48-11-5-9-33)49-16-22-20(42)14-24(50-22)40-18-36-25-28(34-17-35-29(25)40)38-30(44)19-6-3-2-4-7-19/h2-4,6-8,10,17-18,20-22,24,26-27,31,41-42H,5,11-16H2,1H3,(H,37,43,45)(H,34,35,38,44)/t20-,21+,22+,24+,26+,27+,31+,53-/m0/s1. The lowest BCUT2D eigenvalue weighted by Crippen LogP contribution is -2.41. The normalized spacial score (nSPS) is 25.0. The van der Waals surface area contributed by atoms with E-state index in [2.05, 4.69) is 25.3 Å². The van der Waals surface area contributed by atoms with Gasteiger partial charge in [-0.25, -0.2) is 19.7 Å². The molecule has 20 nitrogen and oxygen atoms in total. The van der Waals surface area contributed by atoms with Crippen molar-refractivity contribution in [2.75, 3.05) is 45.5 Å². The number of imidazole rings is 1. The summed E-state index contributed by atoms with van der Waals surface area (Å²) < 4.78 is 44.1. The van der Waals surface area contributed by atoms with Gasteiger partial charge < -0.3 is 43.5 Å². The monoisotopic (exact) mass is 788 g/mol. The van der Waals surface area contributed by atoms with Gasteiger partial charge in [-0.2, -0.15) is 5.26 Å². The molecule has 2 aliphatic heterocycles. The molecule has 2 aliphatic rings. The van der Waals surface area contributed by atoms with E-state index in [1.807, 2.05) is 6.07 Å². The van der Waals surface area contributed by atoms with Crippen molar-refractivity contribution < 1.29 is 47.5 Å². The highest BCUT2D eigenvalue weighted by molar-refractivity contribution is 8.07. The number of aromatic nitrogens is 6. The summed E-state index contributed by atoms with van der Waals surface area (Å²) in [7, 11) is 1.47. The molecule has 5 heterocycles. The van der Waals surface area contributed by atoms with Gasteiger partial charge in [-0.1, -0.05) is 18.2 Å². The Morgan fingerprint density at radius 2 is 1.91 bits per heavy atom. The first-order valence-electron chi connectivity index (χ1n) is 16.6. The molecule has 8 atom stereocenters. The second-order valence-corrected chi connectivity index (χ2v) is 14.9. The number of ether oxygens (including phenoxy) is 4. The summed E-state index contributed by atoms with van der Waals surface area (Å²) in [6, 6.07) is 11.7. The molecule has 288 valence electrons. The van der Waals surface area contributed by atoms with Crippen molar-refractivity contribution in [2.45, 2.75) is 55.8 Å². The van der Waals surface area contributed by atoms with Gasteiger partial charge in [0.05, 0.1) is 58.0 Å². The number of amides is 1. The minimum absolute atomic E-state index is 0.0222. The molecule has 54 heavy (non-hydrogen) atoms. The summed E-state index contributed by atoms with van der Waals surface area (Å²) in [5.41, 5.74) is -0.347. The molecular weight excluding hydrogens is 751 g/mol. The van der Waals surface area contributed by atoms with Crippen LogP contribution in [0.25, 0.3) is 11.2 Å². The van der Waals surface area contributed by atoms with Crippen LogP contribution in [0.1, 0.15) is 35.7 Å². The van der Waals surface area contributed by atoms with Gasteiger partial charge in [0.25, 0.3) is 11.5 Å². The van der Waals surface area contributed by atoms with Crippen LogP contribution in [0, 0.1) is 11.3 Å². The summed E-state index contributed by atoms with van der Waals surface area (Å²) >= 11 is 5.77. The van der Waals surface area contributed by atoms with Crippen molar-refractivity contribution >= 4 is 41.4 Å². The molecule has 2 fully saturated rings. The molecule has 1 aromatic carbocycles. The highest BCUT2D eigenvalue weighted by Crippen LogP contribution is 2.54. The van der Waals surface area contributed by atoms with Gasteiger partial charge in [0.2, 0.25) is 0 Å². The van der Waals surface area contributed by atoms with Crippen LogP contribution in [-0.4, -0.2) is 116 Å². The first-order valence-corrected chi connectivity index (χ1v) is 19.2. The molecule has 1 amide bonds. The van der Waals surface area contributed by atoms with Crippen LogP contribution >= 0.6 is 6.72 Å². The highest BCUT2D eigenvalue weighted by Gasteiger charge is 2.50. The molecule has 0 saturated carbocycles. The van der Waals surface area contributed by atoms with Crippen LogP contribution in [0.15, 0.2) is 64.8 Å². The Labute approximate surface area is 311 Å². The summed E-state index contributed by atoms with van der Waals surface area (Å²) in [5, 5.41) is 33.3. The number of nitrogens with zero attached hydrogens (tertiary/aromatic N) is 6. The Morgan fingerprint density at radius 3 is 2.65 bits per heavy atom. The van der Waals surface area contributed by atoms with Crippen LogP contribution in [0.5, 0.6) is 0 Å². The smallest absolute Gasteiger partial charge is 0.330 e. The molecule has 0 spiro atoms. The summed E-state index contributed by atoms with van der Waals surface area (Å²) in [5.74, 6) is -0.194. The zero-order valence-electron chi connectivity index (χ0n) is 28.7. The zero-order valence-corrected chi connectivity index (χ0v) is 30.4. The van der Waals surface area contributed by atoms with E-state index < -0.39 is 67.6 Å². The second-order valence-electron chi connectivity index (χ2n) is 11.9. The number of methoxy groups -OCH3 is 1. The van der Waals surface area contributed by atoms with E-state index in [0.717, 1.165) is 10.6 Å². The number of benzene rings is 1. The third kappa shape index (κ3) is 8.97. The lowest BCUT2D eigenvalue weighted by atomic mass is 10.1. The van der Waals surface area contributed by atoms with E-state index in [-0.39, 0.29) is 51.0 Å². The number of hydrogen-bond donors (Lipinski definition) is 4. The molecule has 6 rings (SSSR count). The number of carbonyl (C=O) groups excluding carboxylic acids is 1. The molecule has 0 unspecified atom stereocenters. The average Bonchev–Trinajstić information content (AvgIpc) is 3.86. The Morgan fingerprint density at radius 1 is 1.09 bits per heavy atom. The van der Waals surface area contributed by atoms with Crippen LogP contribution in [-0.2, 0) is 44.3 Å². The topological polar surface area (TPSA) is 256 Å². The molecule has 0 radical (unpaired) electrons. The van der Waals surface area contributed by atoms with Crippen molar-refractivity contribution in [2.24, 2.45) is 0 Å². The Hall–Kier alpha value is -4.30. The van der Waals surface area contributed by atoms with Crippen LogP contribution < -0.4 is 16.6 Å². The summed E-state index contributed by atoms with van der Waals surface area (Å²) in [4.78, 5) is 52.3. The van der Waals surface area contributed by atoms with E-state index in [0.29, 0.717) is 16.7 Å². The van der Waals surface area contributed by atoms with Gasteiger partial charge in [0.15, 0.2) is 23.2 Å². The molecule has 0 bridgehead atoms. The number of aliphatic hydroxyl groups is 2. The molecule has 2 saturated heterocycles. The van der Waals surface area contributed by atoms with Crippen molar-refractivity contribution in [1.29, 1.82) is 5.26 Å². The van der Waals surface area contributed by atoms with Gasteiger partial charge in [-0.05, 0) is 23.9 Å². The maximum atomic E-state index is 12.8. The largest absolute Gasteiger partial charge is 0.394 e. The predicted octanol–water partition coefficient (Wildman–Crippen LogP) is 0.755. The fourth-order valence-electron chi connectivity index (χ4n) is 5.85. The molecule has 22 heteroatoms.